The van der Waals surface area contributed by atoms with E-state index in [2.05, 4.69) is 4.74 Å². The van der Waals surface area contributed by atoms with Crippen molar-refractivity contribution in [2.45, 2.75) is 19.4 Å². The molecule has 0 aromatic rings. The first-order chi connectivity index (χ1) is 5.57. The van der Waals surface area contributed by atoms with Gasteiger partial charge in [-0.05, 0) is 18.4 Å². The molecule has 0 spiro atoms. The van der Waals surface area contributed by atoms with Crippen LogP contribution >= 0.6 is 11.8 Å². The van der Waals surface area contributed by atoms with Crippen molar-refractivity contribution < 1.29 is 17.2 Å². The molecule has 1 atom stereocenters. The molecule has 0 aliphatic carbocycles. The van der Waals surface area contributed by atoms with Crippen LogP contribution in [-0.4, -0.2) is 53.0 Å². The molecule has 0 amide bonds. The molecule has 0 aliphatic heterocycles. The second kappa shape index (κ2) is 8.80. The van der Waals surface area contributed by atoms with E-state index in [0.29, 0.717) is 6.42 Å². The van der Waals surface area contributed by atoms with E-state index < -0.39 is 18.0 Å². The largest absolute Gasteiger partial charge is 2.00 e. The maximum atomic E-state index is 10.9. The van der Waals surface area contributed by atoms with Crippen LogP contribution in [0.4, 0.5) is 0 Å². The van der Waals surface area contributed by atoms with Gasteiger partial charge in [-0.25, -0.2) is 4.79 Å². The van der Waals surface area contributed by atoms with Gasteiger partial charge in [-0.1, -0.05) is 0 Å². The second-order valence-electron chi connectivity index (χ2n) is 2.30. The molecule has 0 rings (SSSR count). The third kappa shape index (κ3) is 8.54. The average molecular weight is 218 g/mol. The first-order valence-electron chi connectivity index (χ1n) is 3.54. The fraction of sp³-hybridized carbons (Fsp3) is 0.714. The summed E-state index contributed by atoms with van der Waals surface area (Å²) >= 11 is 1.59. The number of hydrogen-bond acceptors (Lipinski definition) is 5. The number of carbonyl (C=O) groups is 2. The molecule has 0 heterocycles. The van der Waals surface area contributed by atoms with Crippen molar-refractivity contribution in [3.8, 4) is 0 Å². The summed E-state index contributed by atoms with van der Waals surface area (Å²) in [7, 11) is 0. The smallest absolute Gasteiger partial charge is 1.00 e. The van der Waals surface area contributed by atoms with Crippen LogP contribution in [0.25, 0.3) is 0 Å². The van der Waals surface area contributed by atoms with Gasteiger partial charge in [0.15, 0.2) is 0 Å². The number of hydrogen-bond donors (Lipinski definition) is 1. The first kappa shape index (κ1) is 15.7. The SMILES string of the molecule is CSCCC(N)C(=O)OC(C)=O.[H-].[H-].[Mg+2]. The number of nitrogens with two attached hydrogens (primary N) is 1. The fourth-order valence-corrected chi connectivity index (χ4v) is 1.07. The van der Waals surface area contributed by atoms with Gasteiger partial charge < -0.3 is 13.3 Å². The number of rotatable bonds is 4. The molecule has 0 saturated carbocycles. The second-order valence-corrected chi connectivity index (χ2v) is 3.29. The Morgan fingerprint density at radius 1 is 1.62 bits per heavy atom. The minimum absolute atomic E-state index is 0. The Kier molecular flexibility index (Phi) is 10.6. The minimum Gasteiger partial charge on any atom is -1.00 e. The summed E-state index contributed by atoms with van der Waals surface area (Å²) in [4.78, 5) is 21.2. The molecule has 1 unspecified atom stereocenters. The molecule has 0 fully saturated rings. The first-order valence-corrected chi connectivity index (χ1v) is 4.94. The predicted octanol–water partition coefficient (Wildman–Crippen LogP) is 0.000700. The molecule has 2 N–H and O–H groups in total. The van der Waals surface area contributed by atoms with E-state index in [1.807, 2.05) is 6.26 Å². The minimum atomic E-state index is -0.679. The monoisotopic (exact) mass is 217 g/mol. The van der Waals surface area contributed by atoms with Crippen LogP contribution in [0.3, 0.4) is 0 Å². The summed E-state index contributed by atoms with van der Waals surface area (Å²) in [6, 6.07) is -0.679. The molecule has 0 aliphatic rings. The number of thioether (sulfide) groups is 1. The van der Waals surface area contributed by atoms with Gasteiger partial charge in [-0.2, -0.15) is 11.8 Å². The van der Waals surface area contributed by atoms with Gasteiger partial charge in [0.25, 0.3) is 0 Å². The van der Waals surface area contributed by atoms with E-state index in [1.165, 1.54) is 6.92 Å². The van der Waals surface area contributed by atoms with Gasteiger partial charge in [-0.3, -0.25) is 4.79 Å². The maximum Gasteiger partial charge on any atom is 2.00 e. The van der Waals surface area contributed by atoms with Crippen molar-refractivity contribution in [3.05, 3.63) is 0 Å². The van der Waals surface area contributed by atoms with Crippen molar-refractivity contribution in [1.29, 1.82) is 0 Å². The maximum absolute atomic E-state index is 10.9. The summed E-state index contributed by atoms with van der Waals surface area (Å²) < 4.78 is 4.30. The topological polar surface area (TPSA) is 69.4 Å². The Hall–Kier alpha value is 0.216. The number of esters is 2. The number of carbonyl (C=O) groups excluding carboxylic acids is 2. The van der Waals surface area contributed by atoms with Gasteiger partial charge >= 0.3 is 35.0 Å². The van der Waals surface area contributed by atoms with Crippen LogP contribution < -0.4 is 5.73 Å². The number of ether oxygens (including phenoxy) is 1. The molecule has 0 radical (unpaired) electrons. The van der Waals surface area contributed by atoms with Gasteiger partial charge in [0, 0.05) is 6.92 Å². The molecule has 74 valence electrons. The van der Waals surface area contributed by atoms with Crippen molar-refractivity contribution in [2.24, 2.45) is 5.73 Å². The molecule has 0 aromatic carbocycles. The van der Waals surface area contributed by atoms with E-state index in [0.717, 1.165) is 5.75 Å². The van der Waals surface area contributed by atoms with Crippen molar-refractivity contribution in [3.63, 3.8) is 0 Å². The molecule has 6 heteroatoms. The predicted molar refractivity (Wildman–Crippen MR) is 55.7 cm³/mol. The fourth-order valence-electron chi connectivity index (χ4n) is 0.580. The standard InChI is InChI=1S/C7H13NO3S.Mg.2H/c1-5(9)11-7(10)6(8)3-4-12-2;;;/h6H,3-4,8H2,1-2H3;;;/q;+2;2*-1. The molecule has 0 aromatic heterocycles. The van der Waals surface area contributed by atoms with Gasteiger partial charge in [-0.15, -0.1) is 0 Å². The Morgan fingerprint density at radius 2 is 2.15 bits per heavy atom. The summed E-state index contributed by atoms with van der Waals surface area (Å²) in [5.74, 6) is -0.468. The van der Waals surface area contributed by atoms with E-state index >= 15 is 0 Å². The Morgan fingerprint density at radius 3 is 2.54 bits per heavy atom. The molecule has 13 heavy (non-hydrogen) atoms. The van der Waals surface area contributed by atoms with Gasteiger partial charge in [0.1, 0.15) is 6.04 Å². The average Bonchev–Trinajstić information content (AvgIpc) is 1.98. The Labute approximate surface area is 101 Å². The van der Waals surface area contributed by atoms with Crippen LogP contribution in [0.5, 0.6) is 0 Å². The molecule has 4 nitrogen and oxygen atoms in total. The summed E-state index contributed by atoms with van der Waals surface area (Å²) in [5, 5.41) is 0. The van der Waals surface area contributed by atoms with Crippen LogP contribution in [-0.2, 0) is 14.3 Å². The van der Waals surface area contributed by atoms with E-state index in [-0.39, 0.29) is 25.9 Å². The van der Waals surface area contributed by atoms with Crippen LogP contribution in [0.15, 0.2) is 0 Å². The zero-order valence-electron chi connectivity index (χ0n) is 9.91. The summed E-state index contributed by atoms with van der Waals surface area (Å²) in [5.41, 5.74) is 5.41. The quantitative estimate of drug-likeness (QED) is 0.408. The molecular weight excluding hydrogens is 202 g/mol. The molecule has 0 bridgehead atoms. The van der Waals surface area contributed by atoms with Crippen LogP contribution in [0.1, 0.15) is 16.2 Å². The normalized spacial score (nSPS) is 11.3. The Bertz CT molecular complexity index is 186. The third-order valence-electron chi connectivity index (χ3n) is 1.18. The zero-order valence-corrected chi connectivity index (χ0v) is 10.1. The van der Waals surface area contributed by atoms with E-state index in [9.17, 15) is 9.59 Å². The Balaban J connectivity index is -0.000000202. The zero-order chi connectivity index (χ0) is 9.56. The van der Waals surface area contributed by atoms with E-state index in [4.69, 9.17) is 5.73 Å². The van der Waals surface area contributed by atoms with Gasteiger partial charge in [0.2, 0.25) is 0 Å². The van der Waals surface area contributed by atoms with Crippen molar-refractivity contribution >= 4 is 46.8 Å². The van der Waals surface area contributed by atoms with Crippen LogP contribution in [0, 0.1) is 0 Å². The summed E-state index contributed by atoms with van der Waals surface area (Å²) in [6.45, 7) is 1.18. The summed E-state index contributed by atoms with van der Waals surface area (Å²) in [6.07, 6.45) is 2.45. The van der Waals surface area contributed by atoms with Crippen LogP contribution in [0.2, 0.25) is 0 Å². The van der Waals surface area contributed by atoms with Crippen molar-refractivity contribution in [2.75, 3.05) is 12.0 Å². The van der Waals surface area contributed by atoms with E-state index in [1.54, 1.807) is 11.8 Å². The molecular formula is C7H15MgNO3S. The molecule has 0 saturated heterocycles. The van der Waals surface area contributed by atoms with Crippen molar-refractivity contribution in [1.82, 2.24) is 0 Å². The third-order valence-corrected chi connectivity index (χ3v) is 1.82. The van der Waals surface area contributed by atoms with Gasteiger partial charge in [0.05, 0.1) is 0 Å².